The molecule has 0 aromatic heterocycles. The van der Waals surface area contributed by atoms with E-state index >= 15 is 0 Å². The zero-order chi connectivity index (χ0) is 8.43. The van der Waals surface area contributed by atoms with Gasteiger partial charge in [0.25, 0.3) is 0 Å². The number of nitrogens with one attached hydrogen (secondary N) is 1. The van der Waals surface area contributed by atoms with Crippen molar-refractivity contribution in [1.82, 2.24) is 0 Å². The van der Waals surface area contributed by atoms with Crippen LogP contribution in [-0.4, -0.2) is 7.05 Å². The van der Waals surface area contributed by atoms with E-state index in [1.807, 2.05) is 0 Å². The molecular weight excluding hydrogens is 155 g/mol. The predicted molar refractivity (Wildman–Crippen MR) is 35.9 cm³/mol. The molecule has 1 nitrogen and oxygen atoms in total. The van der Waals surface area contributed by atoms with E-state index in [0.717, 1.165) is 12.1 Å². The van der Waals surface area contributed by atoms with Crippen molar-refractivity contribution >= 4 is 5.69 Å². The van der Waals surface area contributed by atoms with E-state index in [1.54, 1.807) is 0 Å². The van der Waals surface area contributed by atoms with Crippen LogP contribution in [0, 0.1) is 17.5 Å². The summed E-state index contributed by atoms with van der Waals surface area (Å²) in [7, 11) is 1.32. The molecule has 0 radical (unpaired) electrons. The Hall–Kier alpha value is -1.19. The topological polar surface area (TPSA) is 12.0 Å². The molecule has 0 aliphatic rings. The summed E-state index contributed by atoms with van der Waals surface area (Å²) in [6, 6.07) is 1.61. The van der Waals surface area contributed by atoms with Gasteiger partial charge in [-0.2, -0.15) is 0 Å². The van der Waals surface area contributed by atoms with Crippen molar-refractivity contribution < 1.29 is 13.2 Å². The molecule has 1 rings (SSSR count). The molecule has 0 saturated carbocycles. The molecule has 4 heteroatoms. The summed E-state index contributed by atoms with van der Waals surface area (Å²) < 4.78 is 37.5. The first-order valence-electron chi connectivity index (χ1n) is 2.98. The van der Waals surface area contributed by atoms with Gasteiger partial charge in [-0.3, -0.25) is 0 Å². The lowest BCUT2D eigenvalue weighted by molar-refractivity contribution is 0.499. The third-order valence-electron chi connectivity index (χ3n) is 1.29. The molecule has 0 bridgehead atoms. The van der Waals surface area contributed by atoms with Crippen molar-refractivity contribution in [2.75, 3.05) is 12.4 Å². The summed E-state index contributed by atoms with van der Waals surface area (Å²) in [5.41, 5.74) is -0.440. The molecule has 1 aromatic rings. The molecule has 0 spiro atoms. The van der Waals surface area contributed by atoms with Crippen LogP contribution in [0.1, 0.15) is 0 Å². The average molecular weight is 161 g/mol. The van der Waals surface area contributed by atoms with Crippen molar-refractivity contribution in [1.29, 1.82) is 0 Å². The van der Waals surface area contributed by atoms with Crippen molar-refractivity contribution in [3.05, 3.63) is 29.6 Å². The van der Waals surface area contributed by atoms with Crippen molar-refractivity contribution in [2.24, 2.45) is 0 Å². The number of benzene rings is 1. The largest absolute Gasteiger partial charge is 0.383 e. The maximum Gasteiger partial charge on any atom is 0.184 e. The van der Waals surface area contributed by atoms with Gasteiger partial charge in [-0.1, -0.05) is 0 Å². The highest BCUT2D eigenvalue weighted by molar-refractivity contribution is 5.45. The van der Waals surface area contributed by atoms with Gasteiger partial charge in [0.05, 0.1) is 0 Å². The fraction of sp³-hybridized carbons (Fsp3) is 0.143. The summed E-state index contributed by atoms with van der Waals surface area (Å²) in [4.78, 5) is 0. The maximum atomic E-state index is 12.6. The highest BCUT2D eigenvalue weighted by atomic mass is 19.2. The Kier molecular flexibility index (Phi) is 2.03. The molecule has 60 valence electrons. The lowest BCUT2D eigenvalue weighted by Gasteiger charge is -2.02. The second-order valence-corrected chi connectivity index (χ2v) is 1.97. The Bertz CT molecular complexity index is 273. The first-order valence-corrected chi connectivity index (χ1v) is 2.98. The van der Waals surface area contributed by atoms with E-state index in [9.17, 15) is 13.2 Å². The van der Waals surface area contributed by atoms with Crippen LogP contribution in [0.5, 0.6) is 0 Å². The van der Waals surface area contributed by atoms with Crippen LogP contribution >= 0.6 is 0 Å². The molecule has 1 N–H and O–H groups in total. The molecule has 1 aromatic carbocycles. The van der Waals surface area contributed by atoms with Gasteiger partial charge >= 0.3 is 0 Å². The van der Waals surface area contributed by atoms with Crippen LogP contribution < -0.4 is 5.32 Å². The number of hydrogen-bond acceptors (Lipinski definition) is 1. The predicted octanol–water partition coefficient (Wildman–Crippen LogP) is 2.15. The monoisotopic (exact) mass is 161 g/mol. The molecule has 0 unspecified atom stereocenters. The second-order valence-electron chi connectivity index (χ2n) is 1.97. The van der Waals surface area contributed by atoms with Gasteiger partial charge in [0, 0.05) is 7.05 Å². The number of halogens is 3. The van der Waals surface area contributed by atoms with E-state index in [4.69, 9.17) is 0 Å². The van der Waals surface area contributed by atoms with Crippen molar-refractivity contribution in [3.63, 3.8) is 0 Å². The van der Waals surface area contributed by atoms with Gasteiger partial charge in [0.2, 0.25) is 0 Å². The van der Waals surface area contributed by atoms with Gasteiger partial charge in [0.1, 0.15) is 11.5 Å². The quantitative estimate of drug-likeness (QED) is 0.622. The Labute approximate surface area is 61.8 Å². The number of anilines is 1. The summed E-state index contributed by atoms with van der Waals surface area (Å²) >= 11 is 0. The molecule has 0 aliphatic heterocycles. The fourth-order valence-electron chi connectivity index (χ4n) is 0.756. The van der Waals surface area contributed by atoms with E-state index in [-0.39, 0.29) is 0 Å². The highest BCUT2D eigenvalue weighted by Crippen LogP contribution is 2.19. The maximum absolute atomic E-state index is 12.6. The minimum Gasteiger partial charge on any atom is -0.383 e. The lowest BCUT2D eigenvalue weighted by atomic mass is 10.3. The minimum absolute atomic E-state index is 0.440. The summed E-state index contributed by atoms with van der Waals surface area (Å²) in [5, 5.41) is 2.21. The zero-order valence-electron chi connectivity index (χ0n) is 5.79. The van der Waals surface area contributed by atoms with Crippen LogP contribution in [0.25, 0.3) is 0 Å². The van der Waals surface area contributed by atoms with Gasteiger partial charge in [0.15, 0.2) is 11.6 Å². The van der Waals surface area contributed by atoms with E-state index in [0.29, 0.717) is 0 Å². The third-order valence-corrected chi connectivity index (χ3v) is 1.29. The summed E-state index contributed by atoms with van der Waals surface area (Å²) in [6.07, 6.45) is 0. The Morgan fingerprint density at radius 2 is 1.64 bits per heavy atom. The van der Waals surface area contributed by atoms with Gasteiger partial charge in [-0.25, -0.2) is 13.2 Å². The van der Waals surface area contributed by atoms with E-state index in [2.05, 4.69) is 5.32 Å². The normalized spacial score (nSPS) is 9.82. The Morgan fingerprint density at radius 3 is 2.09 bits per heavy atom. The molecule has 0 fully saturated rings. The lowest BCUT2D eigenvalue weighted by Crippen LogP contribution is -1.98. The average Bonchev–Trinajstić information content (AvgIpc) is 1.99. The molecule has 0 saturated heterocycles. The summed E-state index contributed by atoms with van der Waals surface area (Å²) in [6.45, 7) is 0. The smallest absolute Gasteiger partial charge is 0.184 e. The SMILES string of the molecule is CNc1c(F)ccc(F)c1F. The molecule has 0 aliphatic carbocycles. The van der Waals surface area contributed by atoms with Crippen LogP contribution in [0.4, 0.5) is 18.9 Å². The molecule has 0 heterocycles. The van der Waals surface area contributed by atoms with Crippen molar-refractivity contribution in [3.8, 4) is 0 Å². The van der Waals surface area contributed by atoms with Crippen LogP contribution in [0.3, 0.4) is 0 Å². The van der Waals surface area contributed by atoms with E-state index in [1.165, 1.54) is 7.05 Å². The Balaban J connectivity index is 3.29. The number of rotatable bonds is 1. The minimum atomic E-state index is -1.19. The van der Waals surface area contributed by atoms with E-state index < -0.39 is 23.1 Å². The molecule has 0 amide bonds. The first kappa shape index (κ1) is 7.91. The van der Waals surface area contributed by atoms with Crippen LogP contribution in [-0.2, 0) is 0 Å². The van der Waals surface area contributed by atoms with Crippen LogP contribution in [0.15, 0.2) is 12.1 Å². The third kappa shape index (κ3) is 1.29. The fourth-order valence-corrected chi connectivity index (χ4v) is 0.756. The van der Waals surface area contributed by atoms with Gasteiger partial charge in [-0.15, -0.1) is 0 Å². The molecular formula is C7H6F3N. The van der Waals surface area contributed by atoms with Gasteiger partial charge in [-0.05, 0) is 12.1 Å². The Morgan fingerprint density at radius 1 is 1.09 bits per heavy atom. The van der Waals surface area contributed by atoms with Gasteiger partial charge < -0.3 is 5.32 Å². The summed E-state index contributed by atoms with van der Waals surface area (Å²) in [5.74, 6) is -3.05. The zero-order valence-corrected chi connectivity index (χ0v) is 5.79. The molecule has 11 heavy (non-hydrogen) atoms. The highest BCUT2D eigenvalue weighted by Gasteiger charge is 2.10. The molecule has 0 atom stereocenters. The standard InChI is InChI=1S/C7H6F3N/c1-11-7-5(9)3-2-4(8)6(7)10/h2-3,11H,1H3. The first-order chi connectivity index (χ1) is 5.16. The van der Waals surface area contributed by atoms with Crippen LogP contribution in [0.2, 0.25) is 0 Å². The number of hydrogen-bond donors (Lipinski definition) is 1. The van der Waals surface area contributed by atoms with Crippen molar-refractivity contribution in [2.45, 2.75) is 0 Å². The second kappa shape index (κ2) is 2.82.